The topological polar surface area (TPSA) is 84.9 Å². The average Bonchev–Trinajstić information content (AvgIpc) is 2.88. The summed E-state index contributed by atoms with van der Waals surface area (Å²) in [5.74, 6) is -0.213. The van der Waals surface area contributed by atoms with Gasteiger partial charge in [-0.25, -0.2) is 4.79 Å². The fourth-order valence-corrected chi connectivity index (χ4v) is 4.66. The maximum absolute atomic E-state index is 13.2. The zero-order chi connectivity index (χ0) is 25.0. The van der Waals surface area contributed by atoms with Crippen LogP contribution in [0.25, 0.3) is 0 Å². The van der Waals surface area contributed by atoms with Crippen molar-refractivity contribution in [1.29, 1.82) is 0 Å². The van der Waals surface area contributed by atoms with E-state index in [1.54, 1.807) is 6.92 Å². The van der Waals surface area contributed by atoms with Crippen molar-refractivity contribution >= 4 is 11.9 Å². The first kappa shape index (κ1) is 26.7. The molecule has 2 aromatic rings. The molecule has 6 heteroatoms. The van der Waals surface area contributed by atoms with Crippen molar-refractivity contribution in [2.24, 2.45) is 5.92 Å². The number of carbonyl (C=O) groups is 2. The number of carbonyl (C=O) groups excluding carboxylic acids is 1. The van der Waals surface area contributed by atoms with Gasteiger partial charge in [0.05, 0.1) is 0 Å². The second-order valence-corrected chi connectivity index (χ2v) is 9.28. The number of benzene rings is 2. The molecule has 1 saturated carbocycles. The number of aliphatic carboxylic acids is 1. The van der Waals surface area contributed by atoms with E-state index in [1.165, 1.54) is 17.5 Å². The second-order valence-electron chi connectivity index (χ2n) is 9.28. The Morgan fingerprint density at radius 3 is 2.17 bits per heavy atom. The molecule has 0 spiro atoms. The van der Waals surface area contributed by atoms with E-state index >= 15 is 0 Å². The van der Waals surface area contributed by atoms with Crippen LogP contribution in [0.5, 0.6) is 5.75 Å². The molecule has 2 unspecified atom stereocenters. The predicted octanol–water partition coefficient (Wildman–Crippen LogP) is 4.97. The SMILES string of the molecule is CCOC(Cc1ccc(OC(C(=O)NCCc2ccc(CC)cc2)C2CCCCC2)cc1)C(=O)O. The number of hydrogen-bond acceptors (Lipinski definition) is 4. The highest BCUT2D eigenvalue weighted by molar-refractivity contribution is 5.81. The Kier molecular flexibility index (Phi) is 10.6. The van der Waals surface area contributed by atoms with Crippen molar-refractivity contribution in [2.75, 3.05) is 13.2 Å². The molecule has 1 aliphatic carbocycles. The molecule has 0 aromatic heterocycles. The number of nitrogens with one attached hydrogen (secondary N) is 1. The average molecular weight is 482 g/mol. The van der Waals surface area contributed by atoms with Crippen LogP contribution in [0.3, 0.4) is 0 Å². The summed E-state index contributed by atoms with van der Waals surface area (Å²) >= 11 is 0. The molecule has 1 fully saturated rings. The minimum atomic E-state index is -0.970. The van der Waals surface area contributed by atoms with Gasteiger partial charge in [0.1, 0.15) is 5.75 Å². The van der Waals surface area contributed by atoms with Gasteiger partial charge in [0.2, 0.25) is 0 Å². The summed E-state index contributed by atoms with van der Waals surface area (Å²) in [5.41, 5.74) is 3.37. The lowest BCUT2D eigenvalue weighted by Crippen LogP contribution is -2.44. The largest absolute Gasteiger partial charge is 0.480 e. The standard InChI is InChI=1S/C29H39NO5/c1-3-21-10-12-22(13-11-21)18-19-30-28(31)27(24-8-6-5-7-9-24)35-25-16-14-23(15-17-25)20-26(29(32)33)34-4-2/h10-17,24,26-27H,3-9,18-20H2,1-2H3,(H,30,31)(H,32,33). The molecule has 6 nitrogen and oxygen atoms in total. The van der Waals surface area contributed by atoms with Gasteiger partial charge in [-0.3, -0.25) is 4.79 Å². The Balaban J connectivity index is 1.60. The molecule has 2 atom stereocenters. The molecule has 0 radical (unpaired) electrons. The van der Waals surface area contributed by atoms with Crippen LogP contribution in [0, 0.1) is 5.92 Å². The van der Waals surface area contributed by atoms with E-state index in [0.29, 0.717) is 18.9 Å². The molecule has 2 aromatic carbocycles. The smallest absolute Gasteiger partial charge is 0.333 e. The van der Waals surface area contributed by atoms with Crippen molar-refractivity contribution in [3.63, 3.8) is 0 Å². The number of carboxylic acid groups (broad SMARTS) is 1. The number of hydrogen-bond donors (Lipinski definition) is 2. The lowest BCUT2D eigenvalue weighted by molar-refractivity contribution is -0.150. The van der Waals surface area contributed by atoms with Gasteiger partial charge in [-0.2, -0.15) is 0 Å². The first-order valence-corrected chi connectivity index (χ1v) is 13.0. The highest BCUT2D eigenvalue weighted by Gasteiger charge is 2.31. The highest BCUT2D eigenvalue weighted by Crippen LogP contribution is 2.29. The summed E-state index contributed by atoms with van der Waals surface area (Å²) in [6.45, 7) is 4.84. The van der Waals surface area contributed by atoms with E-state index in [4.69, 9.17) is 9.47 Å². The molecule has 1 aliphatic rings. The first-order valence-electron chi connectivity index (χ1n) is 13.0. The monoisotopic (exact) mass is 481 g/mol. The molecule has 0 bridgehead atoms. The summed E-state index contributed by atoms with van der Waals surface area (Å²) in [7, 11) is 0. The minimum absolute atomic E-state index is 0.0616. The summed E-state index contributed by atoms with van der Waals surface area (Å²) in [6, 6.07) is 15.9. The van der Waals surface area contributed by atoms with Crippen LogP contribution in [0.4, 0.5) is 0 Å². The predicted molar refractivity (Wildman–Crippen MR) is 137 cm³/mol. The second kappa shape index (κ2) is 13.9. The van der Waals surface area contributed by atoms with Crippen molar-refractivity contribution in [3.05, 3.63) is 65.2 Å². The lowest BCUT2D eigenvalue weighted by Gasteiger charge is -2.30. The van der Waals surface area contributed by atoms with Crippen LogP contribution in [-0.4, -0.2) is 42.3 Å². The van der Waals surface area contributed by atoms with Crippen LogP contribution >= 0.6 is 0 Å². The minimum Gasteiger partial charge on any atom is -0.480 e. The summed E-state index contributed by atoms with van der Waals surface area (Å²) in [6.07, 6.45) is 6.12. The number of aryl methyl sites for hydroxylation is 1. The quantitative estimate of drug-likeness (QED) is 0.422. The Bertz CT molecular complexity index is 919. The van der Waals surface area contributed by atoms with Crippen LogP contribution < -0.4 is 10.1 Å². The van der Waals surface area contributed by atoms with Gasteiger partial charge in [0.15, 0.2) is 12.2 Å². The Hall–Kier alpha value is -2.86. The van der Waals surface area contributed by atoms with Gasteiger partial charge >= 0.3 is 5.97 Å². The van der Waals surface area contributed by atoms with Gasteiger partial charge in [-0.05, 0) is 61.4 Å². The molecule has 0 aliphatic heterocycles. The van der Waals surface area contributed by atoms with Crippen LogP contribution in [0.2, 0.25) is 0 Å². The summed E-state index contributed by atoms with van der Waals surface area (Å²) < 4.78 is 11.6. The maximum Gasteiger partial charge on any atom is 0.333 e. The van der Waals surface area contributed by atoms with Crippen molar-refractivity contribution < 1.29 is 24.2 Å². The number of ether oxygens (including phenoxy) is 2. The van der Waals surface area contributed by atoms with E-state index < -0.39 is 18.2 Å². The molecule has 0 saturated heterocycles. The number of rotatable bonds is 13. The Morgan fingerprint density at radius 1 is 0.943 bits per heavy atom. The summed E-state index contributed by atoms with van der Waals surface area (Å²) in [4.78, 5) is 24.5. The molecule has 3 rings (SSSR count). The van der Waals surface area contributed by atoms with E-state index in [1.807, 2.05) is 24.3 Å². The van der Waals surface area contributed by atoms with Gasteiger partial charge in [-0.1, -0.05) is 62.6 Å². The van der Waals surface area contributed by atoms with E-state index in [2.05, 4.69) is 36.5 Å². The molecule has 35 heavy (non-hydrogen) atoms. The van der Waals surface area contributed by atoms with Gasteiger partial charge in [-0.15, -0.1) is 0 Å². The van der Waals surface area contributed by atoms with Crippen LogP contribution in [0.1, 0.15) is 62.6 Å². The Labute approximate surface area is 209 Å². The number of carboxylic acids is 1. The zero-order valence-corrected chi connectivity index (χ0v) is 21.0. The molecule has 190 valence electrons. The van der Waals surface area contributed by atoms with Crippen molar-refractivity contribution in [2.45, 2.75) is 77.4 Å². The van der Waals surface area contributed by atoms with Crippen LogP contribution in [-0.2, 0) is 33.6 Å². The molecular weight excluding hydrogens is 442 g/mol. The summed E-state index contributed by atoms with van der Waals surface area (Å²) in [5, 5.41) is 12.4. The van der Waals surface area contributed by atoms with Gasteiger partial charge in [0, 0.05) is 25.5 Å². The molecular formula is C29H39NO5. The van der Waals surface area contributed by atoms with Gasteiger partial charge < -0.3 is 19.9 Å². The fourth-order valence-electron chi connectivity index (χ4n) is 4.66. The molecule has 2 N–H and O–H groups in total. The van der Waals surface area contributed by atoms with E-state index in [0.717, 1.165) is 44.1 Å². The van der Waals surface area contributed by atoms with Crippen molar-refractivity contribution in [1.82, 2.24) is 5.32 Å². The van der Waals surface area contributed by atoms with Gasteiger partial charge in [0.25, 0.3) is 5.91 Å². The fraction of sp³-hybridized carbons (Fsp3) is 0.517. The third kappa shape index (κ3) is 8.39. The maximum atomic E-state index is 13.2. The third-order valence-corrected chi connectivity index (χ3v) is 6.73. The van der Waals surface area contributed by atoms with Crippen LogP contribution in [0.15, 0.2) is 48.5 Å². The highest BCUT2D eigenvalue weighted by atomic mass is 16.5. The third-order valence-electron chi connectivity index (χ3n) is 6.73. The number of amides is 1. The van der Waals surface area contributed by atoms with E-state index in [9.17, 15) is 14.7 Å². The lowest BCUT2D eigenvalue weighted by atomic mass is 9.84. The van der Waals surface area contributed by atoms with Crippen molar-refractivity contribution in [3.8, 4) is 5.75 Å². The van der Waals surface area contributed by atoms with E-state index in [-0.39, 0.29) is 18.2 Å². The zero-order valence-electron chi connectivity index (χ0n) is 21.0. The molecule has 0 heterocycles. The molecule has 1 amide bonds. The normalized spacial score (nSPS) is 15.8. The Morgan fingerprint density at radius 2 is 1.57 bits per heavy atom. The first-order chi connectivity index (χ1) is 17.0.